The largest absolute Gasteiger partial charge is 0.493 e. The van der Waals surface area contributed by atoms with Crippen LogP contribution in [0.3, 0.4) is 0 Å². The van der Waals surface area contributed by atoms with E-state index in [2.05, 4.69) is 24.4 Å². The van der Waals surface area contributed by atoms with Crippen LogP contribution in [0.2, 0.25) is 0 Å². The summed E-state index contributed by atoms with van der Waals surface area (Å²) in [6.07, 6.45) is 0. The summed E-state index contributed by atoms with van der Waals surface area (Å²) in [5.74, 6) is 0.431. The number of ether oxygens (including phenoxy) is 2. The number of para-hydroxylation sites is 1. The van der Waals surface area contributed by atoms with Crippen LogP contribution in [0.25, 0.3) is 0 Å². The van der Waals surface area contributed by atoms with Crippen molar-refractivity contribution >= 4 is 11.7 Å². The molecule has 144 valence electrons. The molecule has 0 fully saturated rings. The first kappa shape index (κ1) is 19.3. The van der Waals surface area contributed by atoms with E-state index in [0.29, 0.717) is 24.7 Å². The number of carbonyl (C=O) groups is 1. The van der Waals surface area contributed by atoms with Crippen LogP contribution in [0.5, 0.6) is 11.5 Å². The number of carboxylic acid groups (broad SMARTS) is 1. The zero-order valence-electron chi connectivity index (χ0n) is 15.9. The minimum absolute atomic E-state index is 0.258. The van der Waals surface area contributed by atoms with E-state index >= 15 is 0 Å². The quantitative estimate of drug-likeness (QED) is 0.585. The topological polar surface area (TPSA) is 67.8 Å². The summed E-state index contributed by atoms with van der Waals surface area (Å²) in [7, 11) is 1.62. The normalized spacial score (nSPS) is 10.4. The number of rotatable bonds is 8. The van der Waals surface area contributed by atoms with Gasteiger partial charge in [0.15, 0.2) is 11.5 Å². The zero-order valence-corrected chi connectivity index (χ0v) is 15.9. The molecule has 5 nitrogen and oxygen atoms in total. The molecule has 0 saturated heterocycles. The summed E-state index contributed by atoms with van der Waals surface area (Å²) in [4.78, 5) is 11.0. The van der Waals surface area contributed by atoms with Gasteiger partial charge in [0.05, 0.1) is 12.7 Å². The minimum Gasteiger partial charge on any atom is -0.493 e. The second kappa shape index (κ2) is 8.95. The van der Waals surface area contributed by atoms with Crippen molar-refractivity contribution in [3.05, 3.63) is 89.0 Å². The fourth-order valence-corrected chi connectivity index (χ4v) is 2.91. The predicted octanol–water partition coefficient (Wildman–Crippen LogP) is 4.89. The number of aryl methyl sites for hydroxylation is 1. The fraction of sp³-hybridized carbons (Fsp3) is 0.174. The van der Waals surface area contributed by atoms with Crippen molar-refractivity contribution in [2.45, 2.75) is 20.1 Å². The Morgan fingerprint density at radius 2 is 1.79 bits per heavy atom. The molecular formula is C23H23NO4. The van der Waals surface area contributed by atoms with E-state index in [1.54, 1.807) is 31.4 Å². The van der Waals surface area contributed by atoms with Crippen LogP contribution < -0.4 is 14.8 Å². The Balaban J connectivity index is 1.74. The standard InChI is InChI=1S/C23H23NO4/c1-16-5-3-6-17(13-16)15-28-22-19(7-4-8-21(22)27-2)14-24-20-11-9-18(10-12-20)23(25)26/h3-13,24H,14-15H2,1-2H3,(H,25,26). The molecule has 0 aromatic heterocycles. The van der Waals surface area contributed by atoms with Gasteiger partial charge in [0.25, 0.3) is 0 Å². The Morgan fingerprint density at radius 1 is 1.04 bits per heavy atom. The summed E-state index contributed by atoms with van der Waals surface area (Å²) >= 11 is 0. The third-order valence-corrected chi connectivity index (χ3v) is 4.36. The van der Waals surface area contributed by atoms with Gasteiger partial charge < -0.3 is 19.9 Å². The van der Waals surface area contributed by atoms with Crippen LogP contribution in [0, 0.1) is 6.92 Å². The van der Waals surface area contributed by atoms with Crippen LogP contribution in [0.15, 0.2) is 66.7 Å². The van der Waals surface area contributed by atoms with Gasteiger partial charge in [0.2, 0.25) is 0 Å². The lowest BCUT2D eigenvalue weighted by atomic mass is 10.1. The minimum atomic E-state index is -0.939. The Kier molecular flexibility index (Phi) is 6.17. The number of methoxy groups -OCH3 is 1. The molecule has 0 heterocycles. The molecule has 3 rings (SSSR count). The first-order chi connectivity index (χ1) is 13.6. The van der Waals surface area contributed by atoms with E-state index in [4.69, 9.17) is 14.6 Å². The smallest absolute Gasteiger partial charge is 0.335 e. The van der Waals surface area contributed by atoms with E-state index in [0.717, 1.165) is 16.8 Å². The molecule has 0 atom stereocenters. The lowest BCUT2D eigenvalue weighted by Crippen LogP contribution is -2.05. The molecule has 3 aromatic carbocycles. The molecule has 2 N–H and O–H groups in total. The number of hydrogen-bond donors (Lipinski definition) is 2. The van der Waals surface area contributed by atoms with Gasteiger partial charge in [-0.3, -0.25) is 0 Å². The van der Waals surface area contributed by atoms with Crippen LogP contribution >= 0.6 is 0 Å². The van der Waals surface area contributed by atoms with Gasteiger partial charge in [0.1, 0.15) is 6.61 Å². The van der Waals surface area contributed by atoms with Gasteiger partial charge in [-0.15, -0.1) is 0 Å². The second-order valence-corrected chi connectivity index (χ2v) is 6.46. The monoisotopic (exact) mass is 377 g/mol. The number of aromatic carboxylic acids is 1. The van der Waals surface area contributed by atoms with Crippen molar-refractivity contribution in [2.75, 3.05) is 12.4 Å². The molecular weight excluding hydrogens is 354 g/mol. The molecule has 0 saturated carbocycles. The van der Waals surface area contributed by atoms with E-state index in [-0.39, 0.29) is 5.56 Å². The Bertz CT molecular complexity index is 951. The highest BCUT2D eigenvalue weighted by Gasteiger charge is 2.11. The summed E-state index contributed by atoms with van der Waals surface area (Å²) in [6.45, 7) is 3.02. The molecule has 0 unspecified atom stereocenters. The maximum atomic E-state index is 11.0. The van der Waals surface area contributed by atoms with Crippen LogP contribution in [0.4, 0.5) is 5.69 Å². The molecule has 0 amide bonds. The molecule has 0 bridgehead atoms. The van der Waals surface area contributed by atoms with E-state index in [9.17, 15) is 4.79 Å². The van der Waals surface area contributed by atoms with Crippen molar-refractivity contribution in [3.8, 4) is 11.5 Å². The van der Waals surface area contributed by atoms with Gasteiger partial charge in [0, 0.05) is 17.8 Å². The van der Waals surface area contributed by atoms with E-state index in [1.807, 2.05) is 30.3 Å². The summed E-state index contributed by atoms with van der Waals surface area (Å²) in [5, 5.41) is 12.3. The lowest BCUT2D eigenvalue weighted by Gasteiger charge is -2.16. The van der Waals surface area contributed by atoms with Crippen molar-refractivity contribution in [1.82, 2.24) is 0 Å². The Morgan fingerprint density at radius 3 is 2.46 bits per heavy atom. The first-order valence-corrected chi connectivity index (χ1v) is 8.98. The van der Waals surface area contributed by atoms with Gasteiger partial charge in [-0.05, 0) is 42.8 Å². The first-order valence-electron chi connectivity index (χ1n) is 8.98. The summed E-state index contributed by atoms with van der Waals surface area (Å²) < 4.78 is 11.6. The average molecular weight is 377 g/mol. The Labute approximate surface area is 164 Å². The molecule has 0 aliphatic heterocycles. The van der Waals surface area contributed by atoms with Gasteiger partial charge >= 0.3 is 5.97 Å². The maximum absolute atomic E-state index is 11.0. The average Bonchev–Trinajstić information content (AvgIpc) is 2.71. The van der Waals surface area contributed by atoms with Gasteiger partial charge in [-0.1, -0.05) is 42.0 Å². The Hall–Kier alpha value is -3.47. The number of benzene rings is 3. The van der Waals surface area contributed by atoms with Gasteiger partial charge in [-0.2, -0.15) is 0 Å². The van der Waals surface area contributed by atoms with Crippen LogP contribution in [0.1, 0.15) is 27.0 Å². The SMILES string of the molecule is COc1cccc(CNc2ccc(C(=O)O)cc2)c1OCc1cccc(C)c1. The maximum Gasteiger partial charge on any atom is 0.335 e. The van der Waals surface area contributed by atoms with Crippen LogP contribution in [-0.2, 0) is 13.2 Å². The molecule has 0 radical (unpaired) electrons. The number of carboxylic acids is 1. The molecule has 0 spiro atoms. The van der Waals surface area contributed by atoms with E-state index in [1.165, 1.54) is 5.56 Å². The molecule has 28 heavy (non-hydrogen) atoms. The highest BCUT2D eigenvalue weighted by Crippen LogP contribution is 2.32. The third kappa shape index (κ3) is 4.82. The van der Waals surface area contributed by atoms with E-state index < -0.39 is 5.97 Å². The highest BCUT2D eigenvalue weighted by molar-refractivity contribution is 5.88. The van der Waals surface area contributed by atoms with Gasteiger partial charge in [-0.25, -0.2) is 4.79 Å². The van der Waals surface area contributed by atoms with Crippen molar-refractivity contribution in [1.29, 1.82) is 0 Å². The summed E-state index contributed by atoms with van der Waals surface area (Å²) in [6, 6.07) is 20.6. The van der Waals surface area contributed by atoms with Crippen molar-refractivity contribution < 1.29 is 19.4 Å². The second-order valence-electron chi connectivity index (χ2n) is 6.46. The van der Waals surface area contributed by atoms with Crippen molar-refractivity contribution in [2.24, 2.45) is 0 Å². The van der Waals surface area contributed by atoms with Crippen LogP contribution in [-0.4, -0.2) is 18.2 Å². The summed E-state index contributed by atoms with van der Waals surface area (Å²) in [5.41, 5.74) is 4.32. The lowest BCUT2D eigenvalue weighted by molar-refractivity contribution is 0.0697. The van der Waals surface area contributed by atoms with Crippen molar-refractivity contribution in [3.63, 3.8) is 0 Å². The molecule has 3 aromatic rings. The molecule has 0 aliphatic rings. The number of hydrogen-bond acceptors (Lipinski definition) is 4. The zero-order chi connectivity index (χ0) is 19.9. The fourth-order valence-electron chi connectivity index (χ4n) is 2.91. The number of anilines is 1. The molecule has 5 heteroatoms. The predicted molar refractivity (Wildman–Crippen MR) is 109 cm³/mol. The highest BCUT2D eigenvalue weighted by atomic mass is 16.5. The number of nitrogens with one attached hydrogen (secondary N) is 1. The third-order valence-electron chi connectivity index (χ3n) is 4.36. The molecule has 0 aliphatic carbocycles.